The first-order valence-electron chi connectivity index (χ1n) is 10.5. The number of hydrogen-bond donors (Lipinski definition) is 2. The van der Waals surface area contributed by atoms with E-state index in [0.29, 0.717) is 0 Å². The third kappa shape index (κ3) is 4.17. The number of fused-ring (bicyclic) bond motifs is 1. The number of sulfone groups is 1. The van der Waals surface area contributed by atoms with Crippen molar-refractivity contribution in [3.8, 4) is 0 Å². The van der Waals surface area contributed by atoms with E-state index in [4.69, 9.17) is 5.73 Å². The zero-order chi connectivity index (χ0) is 24.6. The summed E-state index contributed by atoms with van der Waals surface area (Å²) in [6.45, 7) is 3.53. The van der Waals surface area contributed by atoms with Crippen molar-refractivity contribution in [1.82, 2.24) is 14.9 Å². The second kappa shape index (κ2) is 8.75. The maximum Gasteiger partial charge on any atom is 0.270 e. The Balaban J connectivity index is 1.71. The summed E-state index contributed by atoms with van der Waals surface area (Å²) in [7, 11) is -2.49. The third-order valence-corrected chi connectivity index (χ3v) is 7.58. The predicted molar refractivity (Wildman–Crippen MR) is 128 cm³/mol. The number of pyridine rings is 1. The second-order valence-corrected chi connectivity index (χ2v) is 10.1. The minimum Gasteiger partial charge on any atom is -0.364 e. The number of nitrogens with zero attached hydrogens (tertiary/aromatic N) is 2. The van der Waals surface area contributed by atoms with Crippen LogP contribution in [0.2, 0.25) is 0 Å². The monoisotopic (exact) mass is 476 g/mol. The number of nitrogens with one attached hydrogen (secondary N) is 1. The molecular formula is C25H24N4O4S. The SMILES string of the molecule is Cc1cccc(S(=O)(=O)c2c(C(N)=O)[nH]c(C(=O)N(C)Cc3ccc4ncccc4c3)c2C)c1. The van der Waals surface area contributed by atoms with Gasteiger partial charge < -0.3 is 15.6 Å². The molecule has 4 aromatic rings. The molecule has 0 unspecified atom stereocenters. The molecule has 8 nitrogen and oxygen atoms in total. The number of aryl methyl sites for hydroxylation is 1. The van der Waals surface area contributed by atoms with E-state index in [9.17, 15) is 18.0 Å². The van der Waals surface area contributed by atoms with Crippen LogP contribution in [0.25, 0.3) is 10.9 Å². The number of primary amides is 1. The molecule has 174 valence electrons. The van der Waals surface area contributed by atoms with Gasteiger partial charge in [0.2, 0.25) is 9.84 Å². The van der Waals surface area contributed by atoms with Crippen LogP contribution in [-0.4, -0.2) is 42.1 Å². The third-order valence-electron chi connectivity index (χ3n) is 5.66. The van der Waals surface area contributed by atoms with Gasteiger partial charge in [0.15, 0.2) is 0 Å². The summed E-state index contributed by atoms with van der Waals surface area (Å²) in [5.41, 5.74) is 7.80. The Bertz CT molecular complexity index is 1540. The van der Waals surface area contributed by atoms with E-state index in [1.54, 1.807) is 32.3 Å². The van der Waals surface area contributed by atoms with Crippen molar-refractivity contribution in [2.45, 2.75) is 30.2 Å². The molecule has 0 saturated heterocycles. The summed E-state index contributed by atoms with van der Waals surface area (Å²) >= 11 is 0. The fourth-order valence-electron chi connectivity index (χ4n) is 3.96. The van der Waals surface area contributed by atoms with Crippen molar-refractivity contribution < 1.29 is 18.0 Å². The lowest BCUT2D eigenvalue weighted by Crippen LogP contribution is -2.27. The Morgan fingerprint density at radius 3 is 2.50 bits per heavy atom. The summed E-state index contributed by atoms with van der Waals surface area (Å²) in [4.78, 5) is 33.6. The van der Waals surface area contributed by atoms with Crippen LogP contribution in [-0.2, 0) is 16.4 Å². The lowest BCUT2D eigenvalue weighted by molar-refractivity contribution is 0.0779. The molecule has 2 aromatic carbocycles. The van der Waals surface area contributed by atoms with Gasteiger partial charge in [-0.2, -0.15) is 0 Å². The first kappa shape index (κ1) is 23.2. The van der Waals surface area contributed by atoms with Gasteiger partial charge in [0.25, 0.3) is 11.8 Å². The molecule has 2 amide bonds. The fourth-order valence-corrected chi connectivity index (χ4v) is 5.72. The first-order valence-corrected chi connectivity index (χ1v) is 12.0. The maximum atomic E-state index is 13.4. The van der Waals surface area contributed by atoms with Gasteiger partial charge >= 0.3 is 0 Å². The number of benzene rings is 2. The molecular weight excluding hydrogens is 452 g/mol. The lowest BCUT2D eigenvalue weighted by atomic mass is 10.1. The molecule has 0 saturated carbocycles. The van der Waals surface area contributed by atoms with E-state index in [1.165, 1.54) is 24.0 Å². The van der Waals surface area contributed by atoms with Crippen LogP contribution < -0.4 is 5.73 Å². The summed E-state index contributed by atoms with van der Waals surface area (Å²) in [6.07, 6.45) is 1.71. The molecule has 4 rings (SSSR count). The summed E-state index contributed by atoms with van der Waals surface area (Å²) in [5, 5.41) is 0.944. The Kier molecular flexibility index (Phi) is 5.97. The molecule has 3 N–H and O–H groups in total. The number of carbonyl (C=O) groups excluding carboxylic acids is 2. The molecule has 9 heteroatoms. The first-order chi connectivity index (χ1) is 16.1. The Morgan fingerprint density at radius 1 is 1.03 bits per heavy atom. The lowest BCUT2D eigenvalue weighted by Gasteiger charge is -2.17. The van der Waals surface area contributed by atoms with Crippen LogP contribution in [0.3, 0.4) is 0 Å². The normalized spacial score (nSPS) is 11.5. The number of aromatic amines is 1. The van der Waals surface area contributed by atoms with Crippen molar-refractivity contribution >= 4 is 32.6 Å². The highest BCUT2D eigenvalue weighted by Gasteiger charge is 2.32. The molecule has 2 heterocycles. The minimum atomic E-state index is -4.10. The highest BCUT2D eigenvalue weighted by molar-refractivity contribution is 7.91. The minimum absolute atomic E-state index is 0.00461. The van der Waals surface area contributed by atoms with Crippen molar-refractivity contribution in [3.05, 3.63) is 88.9 Å². The largest absolute Gasteiger partial charge is 0.364 e. The molecule has 2 aromatic heterocycles. The molecule has 0 aliphatic heterocycles. The molecule has 0 atom stereocenters. The molecule has 0 radical (unpaired) electrons. The van der Waals surface area contributed by atoms with Crippen LogP contribution >= 0.6 is 0 Å². The molecule has 0 spiro atoms. The number of aromatic nitrogens is 2. The van der Waals surface area contributed by atoms with E-state index in [2.05, 4.69) is 9.97 Å². The van der Waals surface area contributed by atoms with Gasteiger partial charge in [0.05, 0.1) is 10.4 Å². The predicted octanol–water partition coefficient (Wildman–Crippen LogP) is 3.38. The number of hydrogen-bond acceptors (Lipinski definition) is 5. The highest BCUT2D eigenvalue weighted by Crippen LogP contribution is 2.30. The standard InChI is InChI=1S/C25H24N4O4S/c1-15-6-4-8-19(12-15)34(32,33)23-16(2)21(28-22(23)24(26)30)25(31)29(3)14-17-9-10-20-18(13-17)7-5-11-27-20/h4-13,28H,14H2,1-3H3,(H2,26,30). The Labute approximate surface area is 197 Å². The second-order valence-electron chi connectivity index (χ2n) is 8.20. The van der Waals surface area contributed by atoms with E-state index in [-0.39, 0.29) is 33.3 Å². The molecule has 34 heavy (non-hydrogen) atoms. The van der Waals surface area contributed by atoms with Crippen molar-refractivity contribution in [1.29, 1.82) is 0 Å². The van der Waals surface area contributed by atoms with Crippen molar-refractivity contribution in [2.24, 2.45) is 5.73 Å². The van der Waals surface area contributed by atoms with E-state index in [0.717, 1.165) is 22.0 Å². The zero-order valence-electron chi connectivity index (χ0n) is 19.0. The van der Waals surface area contributed by atoms with Crippen molar-refractivity contribution in [2.75, 3.05) is 7.05 Å². The summed E-state index contributed by atoms with van der Waals surface area (Å²) in [6, 6.07) is 15.8. The van der Waals surface area contributed by atoms with Gasteiger partial charge in [-0.25, -0.2) is 8.42 Å². The van der Waals surface area contributed by atoms with Crippen LogP contribution in [0.15, 0.2) is 70.6 Å². The topological polar surface area (TPSA) is 126 Å². The van der Waals surface area contributed by atoms with Gasteiger partial charge in [-0.3, -0.25) is 14.6 Å². The Hall–Kier alpha value is -3.98. The van der Waals surface area contributed by atoms with Gasteiger partial charge in [0, 0.05) is 25.2 Å². The average Bonchev–Trinajstić information content (AvgIpc) is 3.16. The highest BCUT2D eigenvalue weighted by atomic mass is 32.2. The van der Waals surface area contributed by atoms with E-state index < -0.39 is 21.7 Å². The quantitative estimate of drug-likeness (QED) is 0.441. The smallest absolute Gasteiger partial charge is 0.270 e. The molecule has 0 fully saturated rings. The number of rotatable bonds is 6. The van der Waals surface area contributed by atoms with Crippen LogP contribution in [0.1, 0.15) is 37.7 Å². The van der Waals surface area contributed by atoms with Gasteiger partial charge in [-0.1, -0.05) is 24.3 Å². The van der Waals surface area contributed by atoms with Gasteiger partial charge in [-0.15, -0.1) is 0 Å². The summed E-state index contributed by atoms with van der Waals surface area (Å²) in [5.74, 6) is -1.42. The molecule has 0 bridgehead atoms. The zero-order valence-corrected chi connectivity index (χ0v) is 19.8. The summed E-state index contributed by atoms with van der Waals surface area (Å²) < 4.78 is 26.8. The maximum absolute atomic E-state index is 13.4. The number of amides is 2. The van der Waals surface area contributed by atoms with Crippen LogP contribution in [0.4, 0.5) is 0 Å². The van der Waals surface area contributed by atoms with E-state index in [1.807, 2.05) is 30.3 Å². The Morgan fingerprint density at radius 2 is 1.79 bits per heavy atom. The molecule has 0 aliphatic carbocycles. The number of H-pyrrole nitrogens is 1. The van der Waals surface area contributed by atoms with Gasteiger partial charge in [-0.05, 0) is 60.9 Å². The number of nitrogens with two attached hydrogens (primary N) is 1. The average molecular weight is 477 g/mol. The van der Waals surface area contributed by atoms with Gasteiger partial charge in [0.1, 0.15) is 16.3 Å². The van der Waals surface area contributed by atoms with Crippen LogP contribution in [0, 0.1) is 13.8 Å². The van der Waals surface area contributed by atoms with Crippen molar-refractivity contribution in [3.63, 3.8) is 0 Å². The number of carbonyl (C=O) groups is 2. The molecule has 0 aliphatic rings. The fraction of sp³-hybridized carbons (Fsp3) is 0.160. The van der Waals surface area contributed by atoms with E-state index >= 15 is 0 Å². The van der Waals surface area contributed by atoms with Crippen LogP contribution in [0.5, 0.6) is 0 Å².